The monoisotopic (exact) mass is 233 g/mol. The van der Waals surface area contributed by atoms with Crippen LogP contribution in [0.2, 0.25) is 0 Å². The molecule has 1 heterocycles. The van der Waals surface area contributed by atoms with E-state index in [1.165, 1.54) is 13.2 Å². The molecule has 17 heavy (non-hydrogen) atoms. The van der Waals surface area contributed by atoms with Gasteiger partial charge < -0.3 is 9.84 Å². The number of carboxylic acid groups (broad SMARTS) is 1. The highest BCUT2D eigenvalue weighted by Gasteiger charge is 2.28. The van der Waals surface area contributed by atoms with Crippen molar-refractivity contribution in [2.75, 3.05) is 7.11 Å². The Kier molecular flexibility index (Phi) is 2.82. The van der Waals surface area contributed by atoms with Crippen LogP contribution < -0.4 is 0 Å². The molecule has 0 aromatic heterocycles. The summed E-state index contributed by atoms with van der Waals surface area (Å²) in [6.45, 7) is 0.159. The third kappa shape index (κ3) is 1.99. The summed E-state index contributed by atoms with van der Waals surface area (Å²) in [6, 6.07) is 7.32. The van der Waals surface area contributed by atoms with Crippen LogP contribution in [0.4, 0.5) is 4.79 Å². The first kappa shape index (κ1) is 11.2. The topological polar surface area (TPSA) is 66.8 Å². The van der Waals surface area contributed by atoms with Crippen LogP contribution in [0.5, 0.6) is 0 Å². The van der Waals surface area contributed by atoms with Gasteiger partial charge in [-0.25, -0.2) is 9.59 Å². The van der Waals surface area contributed by atoms with Crippen molar-refractivity contribution in [1.82, 2.24) is 4.90 Å². The minimum atomic E-state index is -1.17. The lowest BCUT2D eigenvalue weighted by molar-refractivity contribution is -0.137. The Morgan fingerprint density at radius 3 is 2.71 bits per heavy atom. The van der Waals surface area contributed by atoms with Crippen molar-refractivity contribution in [3.63, 3.8) is 0 Å². The predicted octanol–water partition coefficient (Wildman–Crippen LogP) is 1.69. The van der Waals surface area contributed by atoms with Gasteiger partial charge in [0.25, 0.3) is 0 Å². The Hall–Kier alpha value is -2.30. The number of amides is 1. The molecule has 1 aromatic rings. The van der Waals surface area contributed by atoms with Gasteiger partial charge in [0.05, 0.1) is 13.7 Å². The van der Waals surface area contributed by atoms with Crippen LogP contribution >= 0.6 is 0 Å². The van der Waals surface area contributed by atoms with Crippen LogP contribution in [0.3, 0.4) is 0 Å². The number of benzene rings is 1. The van der Waals surface area contributed by atoms with Crippen molar-refractivity contribution >= 4 is 18.1 Å². The second-order valence-corrected chi connectivity index (χ2v) is 3.59. The number of methoxy groups -OCH3 is 1. The van der Waals surface area contributed by atoms with E-state index in [1.807, 2.05) is 24.3 Å². The Morgan fingerprint density at radius 1 is 1.35 bits per heavy atom. The van der Waals surface area contributed by atoms with Gasteiger partial charge in [0, 0.05) is 0 Å². The molecule has 0 bridgehead atoms. The molecule has 1 amide bonds. The molecule has 5 nitrogen and oxygen atoms in total. The number of hydrogen-bond donors (Lipinski definition) is 1. The van der Waals surface area contributed by atoms with E-state index in [9.17, 15) is 9.59 Å². The van der Waals surface area contributed by atoms with Gasteiger partial charge in [-0.1, -0.05) is 24.3 Å². The van der Waals surface area contributed by atoms with E-state index < -0.39 is 12.1 Å². The molecule has 0 spiro atoms. The molecule has 0 saturated heterocycles. The van der Waals surface area contributed by atoms with E-state index in [1.54, 1.807) is 0 Å². The summed E-state index contributed by atoms with van der Waals surface area (Å²) in [5.41, 5.74) is 1.74. The second-order valence-electron chi connectivity index (χ2n) is 3.59. The minimum absolute atomic E-state index is 0.0405. The quantitative estimate of drug-likeness (QED) is 0.749. The van der Waals surface area contributed by atoms with E-state index in [2.05, 4.69) is 4.74 Å². The van der Waals surface area contributed by atoms with Crippen molar-refractivity contribution < 1.29 is 19.4 Å². The molecule has 0 saturated carbocycles. The smallest absolute Gasteiger partial charge is 0.412 e. The number of fused-ring (bicyclic) bond motifs is 1. The largest absolute Gasteiger partial charge is 0.465 e. The first-order chi connectivity index (χ1) is 8.13. The molecule has 1 aliphatic heterocycles. The summed E-state index contributed by atoms with van der Waals surface area (Å²) in [4.78, 5) is 23.5. The highest BCUT2D eigenvalue weighted by molar-refractivity contribution is 5.97. The molecular weight excluding hydrogens is 222 g/mol. The number of carbonyl (C=O) groups is 2. The number of esters is 1. The molecule has 88 valence electrons. The molecule has 0 unspecified atom stereocenters. The van der Waals surface area contributed by atoms with Gasteiger partial charge in [-0.3, -0.25) is 4.90 Å². The first-order valence-corrected chi connectivity index (χ1v) is 5.02. The van der Waals surface area contributed by atoms with Gasteiger partial charge in [-0.05, 0) is 17.2 Å². The Morgan fingerprint density at radius 2 is 2.06 bits per heavy atom. The van der Waals surface area contributed by atoms with Crippen molar-refractivity contribution in [1.29, 1.82) is 0 Å². The molecule has 0 radical (unpaired) electrons. The van der Waals surface area contributed by atoms with Crippen molar-refractivity contribution in [3.05, 3.63) is 41.1 Å². The van der Waals surface area contributed by atoms with Gasteiger partial charge in [0.15, 0.2) is 0 Å². The fourth-order valence-corrected chi connectivity index (χ4v) is 1.74. The van der Waals surface area contributed by atoms with E-state index >= 15 is 0 Å². The van der Waals surface area contributed by atoms with Gasteiger partial charge in [0.2, 0.25) is 0 Å². The zero-order chi connectivity index (χ0) is 12.4. The normalized spacial score (nSPS) is 13.7. The SMILES string of the molecule is COC(=O)C1=Cc2ccccc2CN1C(=O)O. The number of nitrogens with zero attached hydrogens (tertiary/aromatic N) is 1. The molecule has 0 fully saturated rings. The molecule has 1 aromatic carbocycles. The van der Waals surface area contributed by atoms with Crippen LogP contribution in [-0.4, -0.2) is 29.2 Å². The number of hydrogen-bond acceptors (Lipinski definition) is 3. The van der Waals surface area contributed by atoms with E-state index in [0.717, 1.165) is 16.0 Å². The maximum Gasteiger partial charge on any atom is 0.412 e. The standard InChI is InChI=1S/C12H11NO4/c1-17-11(14)10-6-8-4-2-3-5-9(8)7-13(10)12(15)16/h2-6H,7H2,1H3,(H,15,16). The number of ether oxygens (including phenoxy) is 1. The fraction of sp³-hybridized carbons (Fsp3) is 0.167. The van der Waals surface area contributed by atoms with Crippen molar-refractivity contribution in [2.24, 2.45) is 0 Å². The van der Waals surface area contributed by atoms with Crippen LogP contribution in [0, 0.1) is 0 Å². The number of carbonyl (C=O) groups excluding carboxylic acids is 1. The van der Waals surface area contributed by atoms with Crippen molar-refractivity contribution in [3.8, 4) is 0 Å². The summed E-state index contributed by atoms with van der Waals surface area (Å²) < 4.78 is 4.57. The lowest BCUT2D eigenvalue weighted by atomic mass is 10.0. The molecule has 0 atom stereocenters. The Bertz CT molecular complexity index is 507. The zero-order valence-corrected chi connectivity index (χ0v) is 9.21. The van der Waals surface area contributed by atoms with Crippen molar-refractivity contribution in [2.45, 2.75) is 6.54 Å². The minimum Gasteiger partial charge on any atom is -0.465 e. The van der Waals surface area contributed by atoms with Crippen LogP contribution in [0.1, 0.15) is 11.1 Å². The van der Waals surface area contributed by atoms with Gasteiger partial charge in [0.1, 0.15) is 5.70 Å². The highest BCUT2D eigenvalue weighted by Crippen LogP contribution is 2.25. The maximum absolute atomic E-state index is 11.5. The molecular formula is C12H11NO4. The van der Waals surface area contributed by atoms with E-state index in [0.29, 0.717) is 0 Å². The Balaban J connectivity index is 2.48. The first-order valence-electron chi connectivity index (χ1n) is 5.02. The second kappa shape index (κ2) is 4.29. The van der Waals surface area contributed by atoms with E-state index in [-0.39, 0.29) is 12.2 Å². The summed E-state index contributed by atoms with van der Waals surface area (Å²) in [7, 11) is 1.23. The van der Waals surface area contributed by atoms with E-state index in [4.69, 9.17) is 5.11 Å². The average Bonchev–Trinajstić information content (AvgIpc) is 2.36. The molecule has 1 N–H and O–H groups in total. The highest BCUT2D eigenvalue weighted by atomic mass is 16.5. The summed E-state index contributed by atoms with van der Waals surface area (Å²) >= 11 is 0. The van der Waals surface area contributed by atoms with Crippen LogP contribution in [-0.2, 0) is 16.1 Å². The van der Waals surface area contributed by atoms with Gasteiger partial charge in [-0.15, -0.1) is 0 Å². The molecule has 2 rings (SSSR count). The molecule has 5 heteroatoms. The summed E-state index contributed by atoms with van der Waals surface area (Å²) in [5, 5.41) is 9.06. The predicted molar refractivity (Wildman–Crippen MR) is 60.0 cm³/mol. The van der Waals surface area contributed by atoms with Crippen LogP contribution in [0.15, 0.2) is 30.0 Å². The average molecular weight is 233 g/mol. The summed E-state index contributed by atoms with van der Waals surface area (Å²) in [6.07, 6.45) is 0.356. The zero-order valence-electron chi connectivity index (χ0n) is 9.21. The summed E-state index contributed by atoms with van der Waals surface area (Å²) in [5.74, 6) is -0.651. The fourth-order valence-electron chi connectivity index (χ4n) is 1.74. The van der Waals surface area contributed by atoms with Gasteiger partial charge in [-0.2, -0.15) is 0 Å². The third-order valence-electron chi connectivity index (χ3n) is 2.59. The third-order valence-corrected chi connectivity index (χ3v) is 2.59. The molecule has 1 aliphatic rings. The van der Waals surface area contributed by atoms with Gasteiger partial charge >= 0.3 is 12.1 Å². The number of rotatable bonds is 1. The maximum atomic E-state index is 11.5. The van der Waals surface area contributed by atoms with Crippen LogP contribution in [0.25, 0.3) is 6.08 Å². The lowest BCUT2D eigenvalue weighted by Crippen LogP contribution is -2.34. The lowest BCUT2D eigenvalue weighted by Gasteiger charge is -2.25. The molecule has 0 aliphatic carbocycles. The Labute approximate surface area is 97.9 Å².